The largest absolute Gasteiger partial charge is 0.495 e. The zero-order valence-electron chi connectivity index (χ0n) is 11.2. The number of halogens is 1. The molecular formula is C15H15FN2O2. The first-order chi connectivity index (χ1) is 9.49. The maximum atomic E-state index is 13.3. The van der Waals surface area contributed by atoms with Crippen LogP contribution in [0, 0.1) is 12.7 Å². The Bertz CT molecular complexity index is 636. The molecular weight excluding hydrogens is 259 g/mol. The van der Waals surface area contributed by atoms with Crippen LogP contribution in [0.15, 0.2) is 36.4 Å². The Hall–Kier alpha value is -2.56. The first-order valence-corrected chi connectivity index (χ1v) is 6.01. The minimum absolute atomic E-state index is 0.262. The number of carbonyl (C=O) groups excluding carboxylic acids is 1. The summed E-state index contributed by atoms with van der Waals surface area (Å²) in [5, 5.41) is 2.67. The number of carbonyl (C=O) groups is 1. The molecule has 0 saturated carbocycles. The number of nitrogen functional groups attached to an aromatic ring is 1. The van der Waals surface area contributed by atoms with Gasteiger partial charge in [0.15, 0.2) is 0 Å². The number of hydrogen-bond donors (Lipinski definition) is 2. The number of amides is 1. The average Bonchev–Trinajstić information content (AvgIpc) is 2.39. The second-order valence-electron chi connectivity index (χ2n) is 4.43. The first-order valence-electron chi connectivity index (χ1n) is 6.01. The van der Waals surface area contributed by atoms with E-state index < -0.39 is 5.82 Å². The van der Waals surface area contributed by atoms with Gasteiger partial charge in [0.2, 0.25) is 0 Å². The van der Waals surface area contributed by atoms with Crippen LogP contribution in [0.1, 0.15) is 15.9 Å². The zero-order chi connectivity index (χ0) is 14.7. The van der Waals surface area contributed by atoms with Gasteiger partial charge < -0.3 is 15.8 Å². The standard InChI is InChI=1S/C15H15FN2O2/c1-9-5-10(7-11(16)6-9)15(19)18-12-3-4-13(17)14(8-12)20-2/h3-8H,17H2,1-2H3,(H,18,19). The minimum atomic E-state index is -0.440. The molecule has 5 heteroatoms. The molecule has 2 rings (SSSR count). The number of benzene rings is 2. The van der Waals surface area contributed by atoms with Crippen molar-refractivity contribution in [2.24, 2.45) is 0 Å². The van der Waals surface area contributed by atoms with E-state index in [2.05, 4.69) is 5.32 Å². The fourth-order valence-electron chi connectivity index (χ4n) is 1.86. The van der Waals surface area contributed by atoms with Gasteiger partial charge in [-0.2, -0.15) is 0 Å². The number of ether oxygens (including phenoxy) is 1. The number of methoxy groups -OCH3 is 1. The second-order valence-corrected chi connectivity index (χ2v) is 4.43. The molecule has 0 aliphatic rings. The third-order valence-electron chi connectivity index (χ3n) is 2.80. The molecule has 0 bridgehead atoms. The Morgan fingerprint density at radius 3 is 2.65 bits per heavy atom. The topological polar surface area (TPSA) is 64.3 Å². The number of nitrogens with one attached hydrogen (secondary N) is 1. The van der Waals surface area contributed by atoms with Crippen molar-refractivity contribution in [3.8, 4) is 5.75 Å². The molecule has 0 aliphatic heterocycles. The Kier molecular flexibility index (Phi) is 3.89. The van der Waals surface area contributed by atoms with Gasteiger partial charge in [-0.3, -0.25) is 4.79 Å². The van der Waals surface area contributed by atoms with E-state index in [-0.39, 0.29) is 11.5 Å². The molecule has 104 valence electrons. The van der Waals surface area contributed by atoms with Crippen LogP contribution >= 0.6 is 0 Å². The van der Waals surface area contributed by atoms with Gasteiger partial charge in [0.1, 0.15) is 11.6 Å². The van der Waals surface area contributed by atoms with Crippen molar-refractivity contribution in [1.82, 2.24) is 0 Å². The highest BCUT2D eigenvalue weighted by molar-refractivity contribution is 6.04. The maximum absolute atomic E-state index is 13.3. The summed E-state index contributed by atoms with van der Waals surface area (Å²) in [4.78, 5) is 12.1. The molecule has 0 saturated heterocycles. The van der Waals surface area contributed by atoms with Crippen molar-refractivity contribution in [2.75, 3.05) is 18.2 Å². The molecule has 0 aliphatic carbocycles. The quantitative estimate of drug-likeness (QED) is 0.846. The van der Waals surface area contributed by atoms with Gasteiger partial charge in [-0.05, 0) is 42.8 Å². The molecule has 0 spiro atoms. The van der Waals surface area contributed by atoms with Crippen molar-refractivity contribution in [1.29, 1.82) is 0 Å². The van der Waals surface area contributed by atoms with Crippen LogP contribution in [-0.4, -0.2) is 13.0 Å². The van der Waals surface area contributed by atoms with E-state index in [9.17, 15) is 9.18 Å². The van der Waals surface area contributed by atoms with Crippen molar-refractivity contribution < 1.29 is 13.9 Å². The van der Waals surface area contributed by atoms with E-state index in [4.69, 9.17) is 10.5 Å². The normalized spacial score (nSPS) is 10.2. The van der Waals surface area contributed by atoms with Crippen LogP contribution in [0.5, 0.6) is 5.75 Å². The summed E-state index contributed by atoms with van der Waals surface area (Å²) in [6.07, 6.45) is 0. The molecule has 0 heterocycles. The summed E-state index contributed by atoms with van der Waals surface area (Å²) < 4.78 is 18.4. The number of rotatable bonds is 3. The predicted octanol–water partition coefficient (Wildman–Crippen LogP) is 2.98. The van der Waals surface area contributed by atoms with E-state index in [1.165, 1.54) is 19.2 Å². The summed E-state index contributed by atoms with van der Waals surface area (Å²) in [6.45, 7) is 1.73. The SMILES string of the molecule is COc1cc(NC(=O)c2cc(C)cc(F)c2)ccc1N. The summed E-state index contributed by atoms with van der Waals surface area (Å²) in [6, 6.07) is 9.07. The Balaban J connectivity index is 2.23. The molecule has 0 fully saturated rings. The van der Waals surface area contributed by atoms with Crippen LogP contribution in [-0.2, 0) is 0 Å². The van der Waals surface area contributed by atoms with Crippen molar-refractivity contribution in [3.05, 3.63) is 53.3 Å². The number of aryl methyl sites for hydroxylation is 1. The van der Waals surface area contributed by atoms with E-state index in [1.54, 1.807) is 31.2 Å². The van der Waals surface area contributed by atoms with Crippen LogP contribution in [0.3, 0.4) is 0 Å². The summed E-state index contributed by atoms with van der Waals surface area (Å²) in [7, 11) is 1.49. The molecule has 4 nitrogen and oxygen atoms in total. The predicted molar refractivity (Wildman–Crippen MR) is 76.5 cm³/mol. The fourth-order valence-corrected chi connectivity index (χ4v) is 1.86. The highest BCUT2D eigenvalue weighted by atomic mass is 19.1. The molecule has 1 amide bonds. The lowest BCUT2D eigenvalue weighted by Crippen LogP contribution is -2.12. The minimum Gasteiger partial charge on any atom is -0.495 e. The lowest BCUT2D eigenvalue weighted by atomic mass is 10.1. The third kappa shape index (κ3) is 3.06. The van der Waals surface area contributed by atoms with Gasteiger partial charge in [-0.1, -0.05) is 0 Å². The second kappa shape index (κ2) is 5.61. The zero-order valence-corrected chi connectivity index (χ0v) is 11.2. The molecule has 3 N–H and O–H groups in total. The van der Waals surface area contributed by atoms with E-state index in [0.717, 1.165) is 0 Å². The average molecular weight is 274 g/mol. The van der Waals surface area contributed by atoms with E-state index in [1.807, 2.05) is 0 Å². The molecule has 0 radical (unpaired) electrons. The van der Waals surface area contributed by atoms with Crippen LogP contribution < -0.4 is 15.8 Å². The Morgan fingerprint density at radius 1 is 1.25 bits per heavy atom. The van der Waals surface area contributed by atoms with E-state index >= 15 is 0 Å². The monoisotopic (exact) mass is 274 g/mol. The van der Waals surface area contributed by atoms with Crippen LogP contribution in [0.25, 0.3) is 0 Å². The van der Waals surface area contributed by atoms with Gasteiger partial charge in [0.05, 0.1) is 12.8 Å². The van der Waals surface area contributed by atoms with Gasteiger partial charge in [-0.15, -0.1) is 0 Å². The molecule has 0 aromatic heterocycles. The summed E-state index contributed by atoms with van der Waals surface area (Å²) in [5.74, 6) is -0.359. The van der Waals surface area contributed by atoms with Crippen molar-refractivity contribution in [3.63, 3.8) is 0 Å². The van der Waals surface area contributed by atoms with Gasteiger partial charge >= 0.3 is 0 Å². The fraction of sp³-hybridized carbons (Fsp3) is 0.133. The highest BCUT2D eigenvalue weighted by Crippen LogP contribution is 2.25. The van der Waals surface area contributed by atoms with Crippen molar-refractivity contribution in [2.45, 2.75) is 6.92 Å². The van der Waals surface area contributed by atoms with Crippen molar-refractivity contribution >= 4 is 17.3 Å². The van der Waals surface area contributed by atoms with Gasteiger partial charge in [-0.25, -0.2) is 4.39 Å². The Morgan fingerprint density at radius 2 is 2.00 bits per heavy atom. The number of nitrogens with two attached hydrogens (primary N) is 1. The summed E-state index contributed by atoms with van der Waals surface area (Å²) >= 11 is 0. The third-order valence-corrected chi connectivity index (χ3v) is 2.80. The summed E-state index contributed by atoms with van der Waals surface area (Å²) in [5.41, 5.74) is 7.65. The first kappa shape index (κ1) is 13.9. The van der Waals surface area contributed by atoms with E-state index in [0.29, 0.717) is 22.7 Å². The maximum Gasteiger partial charge on any atom is 0.255 e. The van der Waals surface area contributed by atoms with Crippen LogP contribution in [0.2, 0.25) is 0 Å². The molecule has 2 aromatic rings. The lowest BCUT2D eigenvalue weighted by Gasteiger charge is -2.09. The lowest BCUT2D eigenvalue weighted by molar-refractivity contribution is 0.102. The Labute approximate surface area is 116 Å². The molecule has 0 unspecified atom stereocenters. The highest BCUT2D eigenvalue weighted by Gasteiger charge is 2.09. The number of anilines is 2. The molecule has 2 aromatic carbocycles. The van der Waals surface area contributed by atoms with Gasteiger partial charge in [0.25, 0.3) is 5.91 Å². The smallest absolute Gasteiger partial charge is 0.255 e. The number of hydrogen-bond acceptors (Lipinski definition) is 3. The molecule has 0 atom stereocenters. The van der Waals surface area contributed by atoms with Gasteiger partial charge in [0, 0.05) is 17.3 Å². The molecule has 20 heavy (non-hydrogen) atoms. The van der Waals surface area contributed by atoms with Crippen LogP contribution in [0.4, 0.5) is 15.8 Å².